The predicted molar refractivity (Wildman–Crippen MR) is 36.4 cm³/mol. The van der Waals surface area contributed by atoms with Crippen LogP contribution in [0.3, 0.4) is 0 Å². The van der Waals surface area contributed by atoms with Gasteiger partial charge in [0.05, 0.1) is 0 Å². The van der Waals surface area contributed by atoms with E-state index in [9.17, 15) is 4.79 Å². The lowest BCUT2D eigenvalue weighted by molar-refractivity contribution is -0.117. The second-order valence-corrected chi connectivity index (χ2v) is 1.64. The zero-order valence-corrected chi connectivity index (χ0v) is 5.77. The van der Waals surface area contributed by atoms with Crippen molar-refractivity contribution in [2.75, 3.05) is 0 Å². The average molecular weight is 128 g/mol. The van der Waals surface area contributed by atoms with Gasteiger partial charge in [-0.15, -0.1) is 0 Å². The van der Waals surface area contributed by atoms with E-state index in [1.807, 2.05) is 13.8 Å². The van der Waals surface area contributed by atoms with Crippen molar-refractivity contribution in [3.8, 4) is 0 Å². The fourth-order valence-electron chi connectivity index (χ4n) is 0.588. The molecule has 0 atom stereocenters. The van der Waals surface area contributed by atoms with Crippen molar-refractivity contribution in [3.63, 3.8) is 0 Å². The topological polar surface area (TPSA) is 55.1 Å². The third kappa shape index (κ3) is 2.28. The van der Waals surface area contributed by atoms with E-state index in [1.165, 1.54) is 0 Å². The van der Waals surface area contributed by atoms with Crippen LogP contribution in [0.4, 0.5) is 0 Å². The molecule has 3 heteroatoms. The molecule has 0 fully saturated rings. The highest BCUT2D eigenvalue weighted by Gasteiger charge is 2.00. The second-order valence-electron chi connectivity index (χ2n) is 1.64. The normalized spacial score (nSPS) is 11.2. The van der Waals surface area contributed by atoms with Gasteiger partial charge in [-0.25, -0.2) is 5.84 Å². The van der Waals surface area contributed by atoms with Crippen LogP contribution in [0.1, 0.15) is 20.3 Å². The molecule has 0 unspecified atom stereocenters. The number of hydrazine groups is 1. The molecule has 0 aliphatic carbocycles. The van der Waals surface area contributed by atoms with Gasteiger partial charge in [-0.2, -0.15) is 0 Å². The number of carbonyl (C=O) groups is 1. The van der Waals surface area contributed by atoms with Gasteiger partial charge in [0.15, 0.2) is 0 Å². The van der Waals surface area contributed by atoms with Crippen molar-refractivity contribution in [2.24, 2.45) is 5.84 Å². The maximum atomic E-state index is 10.7. The SMILES string of the molecule is C/C=C(\CC)C(=O)NN. The molecule has 0 rings (SSSR count). The van der Waals surface area contributed by atoms with Crippen LogP contribution in [0.5, 0.6) is 0 Å². The quantitative estimate of drug-likeness (QED) is 0.244. The first kappa shape index (κ1) is 8.17. The van der Waals surface area contributed by atoms with E-state index in [0.717, 1.165) is 12.0 Å². The number of amides is 1. The molecule has 0 heterocycles. The summed E-state index contributed by atoms with van der Waals surface area (Å²) in [6, 6.07) is 0. The molecule has 0 bridgehead atoms. The van der Waals surface area contributed by atoms with Crippen molar-refractivity contribution < 1.29 is 4.79 Å². The fourth-order valence-corrected chi connectivity index (χ4v) is 0.588. The third-order valence-electron chi connectivity index (χ3n) is 1.15. The largest absolute Gasteiger partial charge is 0.290 e. The molecular formula is C6H12N2O. The van der Waals surface area contributed by atoms with Crippen molar-refractivity contribution in [3.05, 3.63) is 11.6 Å². The Hall–Kier alpha value is -0.830. The molecule has 0 radical (unpaired) electrons. The summed E-state index contributed by atoms with van der Waals surface area (Å²) in [5, 5.41) is 0. The highest BCUT2D eigenvalue weighted by Crippen LogP contribution is 1.97. The first-order valence-corrected chi connectivity index (χ1v) is 2.92. The molecule has 0 aliphatic heterocycles. The minimum Gasteiger partial charge on any atom is -0.290 e. The number of allylic oxidation sites excluding steroid dienone is 1. The van der Waals surface area contributed by atoms with Crippen LogP contribution in [-0.4, -0.2) is 5.91 Å². The molecule has 0 saturated carbocycles. The Balaban J connectivity index is 3.97. The standard InChI is InChI=1S/C6H12N2O/c1-3-5(4-2)6(9)8-7/h3H,4,7H2,1-2H3,(H,8,9)/b5-3+. The number of rotatable bonds is 2. The van der Waals surface area contributed by atoms with Crippen molar-refractivity contribution in [1.29, 1.82) is 0 Å². The second kappa shape index (κ2) is 4.09. The van der Waals surface area contributed by atoms with Crippen LogP contribution in [-0.2, 0) is 4.79 Å². The van der Waals surface area contributed by atoms with Crippen LogP contribution in [0.25, 0.3) is 0 Å². The highest BCUT2D eigenvalue weighted by atomic mass is 16.2. The van der Waals surface area contributed by atoms with Gasteiger partial charge in [-0.05, 0) is 13.3 Å². The van der Waals surface area contributed by atoms with Gasteiger partial charge >= 0.3 is 0 Å². The number of hydrogen-bond acceptors (Lipinski definition) is 2. The van der Waals surface area contributed by atoms with E-state index >= 15 is 0 Å². The van der Waals surface area contributed by atoms with E-state index in [2.05, 4.69) is 5.43 Å². The zero-order valence-electron chi connectivity index (χ0n) is 5.77. The van der Waals surface area contributed by atoms with Crippen LogP contribution < -0.4 is 11.3 Å². The number of carbonyl (C=O) groups excluding carboxylic acids is 1. The van der Waals surface area contributed by atoms with Crippen LogP contribution in [0.2, 0.25) is 0 Å². The molecule has 3 nitrogen and oxygen atoms in total. The minimum absolute atomic E-state index is 0.194. The molecule has 9 heavy (non-hydrogen) atoms. The van der Waals surface area contributed by atoms with Crippen molar-refractivity contribution in [2.45, 2.75) is 20.3 Å². The van der Waals surface area contributed by atoms with Gasteiger partial charge < -0.3 is 0 Å². The molecular weight excluding hydrogens is 116 g/mol. The maximum Gasteiger partial charge on any atom is 0.260 e. The molecule has 0 aliphatic rings. The monoisotopic (exact) mass is 128 g/mol. The summed E-state index contributed by atoms with van der Waals surface area (Å²) < 4.78 is 0. The van der Waals surface area contributed by atoms with Gasteiger partial charge in [0.25, 0.3) is 5.91 Å². The molecule has 3 N–H and O–H groups in total. The lowest BCUT2D eigenvalue weighted by atomic mass is 10.2. The smallest absolute Gasteiger partial charge is 0.260 e. The molecule has 0 aromatic heterocycles. The summed E-state index contributed by atoms with van der Waals surface area (Å²) >= 11 is 0. The Morgan fingerprint density at radius 2 is 2.33 bits per heavy atom. The lowest BCUT2D eigenvalue weighted by Gasteiger charge is -1.98. The molecule has 0 aromatic carbocycles. The van der Waals surface area contributed by atoms with E-state index in [0.29, 0.717) is 0 Å². The first-order chi connectivity index (χ1) is 4.26. The lowest BCUT2D eigenvalue weighted by Crippen LogP contribution is -2.31. The van der Waals surface area contributed by atoms with Crippen LogP contribution in [0.15, 0.2) is 11.6 Å². The minimum atomic E-state index is -0.194. The van der Waals surface area contributed by atoms with Crippen LogP contribution >= 0.6 is 0 Å². The Morgan fingerprint density at radius 3 is 2.44 bits per heavy atom. The van der Waals surface area contributed by atoms with Gasteiger partial charge in [0, 0.05) is 5.57 Å². The van der Waals surface area contributed by atoms with E-state index in [4.69, 9.17) is 5.84 Å². The fraction of sp³-hybridized carbons (Fsp3) is 0.500. The van der Waals surface area contributed by atoms with E-state index < -0.39 is 0 Å². The summed E-state index contributed by atoms with van der Waals surface area (Å²) in [7, 11) is 0. The summed E-state index contributed by atoms with van der Waals surface area (Å²) in [6.45, 7) is 3.72. The Morgan fingerprint density at radius 1 is 1.78 bits per heavy atom. The molecule has 1 amide bonds. The number of nitrogens with one attached hydrogen (secondary N) is 1. The maximum absolute atomic E-state index is 10.7. The summed E-state index contributed by atoms with van der Waals surface area (Å²) in [5.41, 5.74) is 2.78. The summed E-state index contributed by atoms with van der Waals surface area (Å²) in [5.74, 6) is 4.69. The number of hydrogen-bond donors (Lipinski definition) is 2. The molecule has 0 aromatic rings. The molecule has 0 saturated heterocycles. The van der Waals surface area contributed by atoms with E-state index in [1.54, 1.807) is 6.08 Å². The average Bonchev–Trinajstić information content (AvgIpc) is 1.90. The van der Waals surface area contributed by atoms with Crippen molar-refractivity contribution >= 4 is 5.91 Å². The van der Waals surface area contributed by atoms with E-state index in [-0.39, 0.29) is 5.91 Å². The molecule has 52 valence electrons. The number of nitrogens with two attached hydrogens (primary N) is 1. The Bertz CT molecular complexity index is 129. The summed E-state index contributed by atoms with van der Waals surface area (Å²) in [4.78, 5) is 10.7. The van der Waals surface area contributed by atoms with Gasteiger partial charge in [-0.3, -0.25) is 10.2 Å². The third-order valence-corrected chi connectivity index (χ3v) is 1.15. The van der Waals surface area contributed by atoms with Gasteiger partial charge in [-0.1, -0.05) is 13.0 Å². The highest BCUT2D eigenvalue weighted by molar-refractivity contribution is 5.92. The van der Waals surface area contributed by atoms with Gasteiger partial charge in [0.1, 0.15) is 0 Å². The first-order valence-electron chi connectivity index (χ1n) is 2.92. The summed E-state index contributed by atoms with van der Waals surface area (Å²) in [6.07, 6.45) is 2.47. The molecule has 0 spiro atoms. The van der Waals surface area contributed by atoms with Crippen LogP contribution in [0, 0.1) is 0 Å². The van der Waals surface area contributed by atoms with Gasteiger partial charge in [0.2, 0.25) is 0 Å². The van der Waals surface area contributed by atoms with Crippen molar-refractivity contribution in [1.82, 2.24) is 5.43 Å². The Labute approximate surface area is 54.9 Å². The predicted octanol–water partition coefficient (Wildman–Crippen LogP) is 0.333. The zero-order chi connectivity index (χ0) is 7.28. The Kier molecular flexibility index (Phi) is 3.71.